The quantitative estimate of drug-likeness (QED) is 0.754. The normalized spacial score (nSPS) is 10.3. The van der Waals surface area contributed by atoms with E-state index in [0.717, 1.165) is 22.2 Å². The SMILES string of the molecule is Fc1ccc(-c2ccnc(CBr)c2)cc1. The first-order valence-electron chi connectivity index (χ1n) is 4.56. The first-order valence-corrected chi connectivity index (χ1v) is 5.68. The van der Waals surface area contributed by atoms with Crippen LogP contribution in [0.4, 0.5) is 4.39 Å². The van der Waals surface area contributed by atoms with Crippen LogP contribution in [-0.2, 0) is 5.33 Å². The average Bonchev–Trinajstić information content (AvgIpc) is 2.30. The number of alkyl halides is 1. The van der Waals surface area contributed by atoms with E-state index < -0.39 is 0 Å². The van der Waals surface area contributed by atoms with Gasteiger partial charge in [-0.3, -0.25) is 4.98 Å². The number of pyridine rings is 1. The fourth-order valence-electron chi connectivity index (χ4n) is 1.37. The van der Waals surface area contributed by atoms with Gasteiger partial charge in [0, 0.05) is 11.5 Å². The van der Waals surface area contributed by atoms with Crippen molar-refractivity contribution < 1.29 is 4.39 Å². The zero-order valence-electron chi connectivity index (χ0n) is 7.95. The third-order valence-electron chi connectivity index (χ3n) is 2.13. The van der Waals surface area contributed by atoms with Gasteiger partial charge in [-0.05, 0) is 35.4 Å². The van der Waals surface area contributed by atoms with Crippen LogP contribution in [0.2, 0.25) is 0 Å². The molecule has 0 bridgehead atoms. The van der Waals surface area contributed by atoms with Crippen molar-refractivity contribution in [1.29, 1.82) is 0 Å². The molecule has 1 aromatic carbocycles. The molecule has 0 atom stereocenters. The van der Waals surface area contributed by atoms with E-state index in [-0.39, 0.29) is 5.82 Å². The van der Waals surface area contributed by atoms with Crippen molar-refractivity contribution in [1.82, 2.24) is 4.98 Å². The van der Waals surface area contributed by atoms with Crippen LogP contribution in [0, 0.1) is 5.82 Å². The number of hydrogen-bond donors (Lipinski definition) is 0. The third kappa shape index (κ3) is 2.42. The summed E-state index contributed by atoms with van der Waals surface area (Å²) in [5, 5.41) is 0.724. The van der Waals surface area contributed by atoms with Gasteiger partial charge >= 0.3 is 0 Å². The van der Waals surface area contributed by atoms with E-state index in [4.69, 9.17) is 0 Å². The van der Waals surface area contributed by atoms with Crippen molar-refractivity contribution >= 4 is 15.9 Å². The molecule has 1 nitrogen and oxygen atoms in total. The van der Waals surface area contributed by atoms with Gasteiger partial charge in [0.15, 0.2) is 0 Å². The predicted molar refractivity (Wildman–Crippen MR) is 62.3 cm³/mol. The number of halogens is 2. The minimum absolute atomic E-state index is 0.214. The van der Waals surface area contributed by atoms with E-state index in [1.54, 1.807) is 18.3 Å². The second-order valence-electron chi connectivity index (χ2n) is 3.18. The Morgan fingerprint density at radius 1 is 1.07 bits per heavy atom. The maximum atomic E-state index is 12.7. The van der Waals surface area contributed by atoms with Gasteiger partial charge in [-0.1, -0.05) is 28.1 Å². The molecule has 0 saturated carbocycles. The summed E-state index contributed by atoms with van der Waals surface area (Å²) in [4.78, 5) is 4.18. The van der Waals surface area contributed by atoms with Gasteiger partial charge in [0.25, 0.3) is 0 Å². The number of benzene rings is 1. The number of aromatic nitrogens is 1. The Labute approximate surface area is 96.1 Å². The second-order valence-corrected chi connectivity index (χ2v) is 3.74. The summed E-state index contributed by atoms with van der Waals surface area (Å²) >= 11 is 3.35. The highest BCUT2D eigenvalue weighted by Crippen LogP contribution is 2.20. The average molecular weight is 266 g/mol. The highest BCUT2D eigenvalue weighted by atomic mass is 79.9. The second kappa shape index (κ2) is 4.53. The van der Waals surface area contributed by atoms with Gasteiger partial charge < -0.3 is 0 Å². The van der Waals surface area contributed by atoms with Crippen LogP contribution in [0.15, 0.2) is 42.6 Å². The fourth-order valence-corrected chi connectivity index (χ4v) is 1.68. The van der Waals surface area contributed by atoms with Crippen molar-refractivity contribution in [2.75, 3.05) is 0 Å². The highest BCUT2D eigenvalue weighted by molar-refractivity contribution is 9.08. The molecule has 0 N–H and O–H groups in total. The van der Waals surface area contributed by atoms with Gasteiger partial charge in [-0.15, -0.1) is 0 Å². The molecule has 0 spiro atoms. The lowest BCUT2D eigenvalue weighted by atomic mass is 10.1. The molecule has 1 heterocycles. The Hall–Kier alpha value is -1.22. The Kier molecular flexibility index (Phi) is 3.11. The summed E-state index contributed by atoms with van der Waals surface area (Å²) in [6.07, 6.45) is 1.76. The van der Waals surface area contributed by atoms with E-state index >= 15 is 0 Å². The highest BCUT2D eigenvalue weighted by Gasteiger charge is 1.99. The van der Waals surface area contributed by atoms with Crippen molar-refractivity contribution in [2.45, 2.75) is 5.33 Å². The zero-order chi connectivity index (χ0) is 10.7. The van der Waals surface area contributed by atoms with Crippen LogP contribution >= 0.6 is 15.9 Å². The predicted octanol–water partition coefficient (Wildman–Crippen LogP) is 3.78. The molecular weight excluding hydrogens is 257 g/mol. The number of rotatable bonds is 2. The number of nitrogens with zero attached hydrogens (tertiary/aromatic N) is 1. The molecule has 76 valence electrons. The maximum absolute atomic E-state index is 12.7. The third-order valence-corrected chi connectivity index (χ3v) is 2.71. The molecule has 0 fully saturated rings. The summed E-state index contributed by atoms with van der Waals surface area (Å²) in [7, 11) is 0. The largest absolute Gasteiger partial charge is 0.260 e. The van der Waals surface area contributed by atoms with E-state index in [1.807, 2.05) is 12.1 Å². The molecule has 0 amide bonds. The summed E-state index contributed by atoms with van der Waals surface area (Å²) < 4.78 is 12.7. The standard InChI is InChI=1S/C12H9BrFN/c13-8-12-7-10(5-6-15-12)9-1-3-11(14)4-2-9/h1-7H,8H2. The van der Waals surface area contributed by atoms with Gasteiger partial charge in [0.05, 0.1) is 5.69 Å². The maximum Gasteiger partial charge on any atom is 0.123 e. The Bertz CT molecular complexity index is 453. The molecule has 15 heavy (non-hydrogen) atoms. The first-order chi connectivity index (χ1) is 7.29. The smallest absolute Gasteiger partial charge is 0.123 e. The molecule has 0 aliphatic carbocycles. The van der Waals surface area contributed by atoms with E-state index in [0.29, 0.717) is 0 Å². The molecular formula is C12H9BrFN. The summed E-state index contributed by atoms with van der Waals surface area (Å²) in [6.45, 7) is 0. The van der Waals surface area contributed by atoms with Crippen LogP contribution < -0.4 is 0 Å². The first kappa shape index (κ1) is 10.3. The Morgan fingerprint density at radius 2 is 1.80 bits per heavy atom. The Balaban J connectivity index is 2.40. The molecule has 0 radical (unpaired) electrons. The molecule has 0 saturated heterocycles. The molecule has 0 aliphatic heterocycles. The van der Waals surface area contributed by atoms with Gasteiger partial charge in [0.1, 0.15) is 5.82 Å². The van der Waals surface area contributed by atoms with Crippen LogP contribution in [0.1, 0.15) is 5.69 Å². The summed E-state index contributed by atoms with van der Waals surface area (Å²) in [5.41, 5.74) is 3.03. The zero-order valence-corrected chi connectivity index (χ0v) is 9.54. The van der Waals surface area contributed by atoms with Crippen LogP contribution in [0.25, 0.3) is 11.1 Å². The molecule has 1 aromatic heterocycles. The minimum atomic E-state index is -0.214. The van der Waals surface area contributed by atoms with Gasteiger partial charge in [-0.2, -0.15) is 0 Å². The molecule has 2 rings (SSSR count). The fraction of sp³-hybridized carbons (Fsp3) is 0.0833. The summed E-state index contributed by atoms with van der Waals surface area (Å²) in [5.74, 6) is -0.214. The molecule has 3 heteroatoms. The van der Waals surface area contributed by atoms with Crippen molar-refractivity contribution in [3.8, 4) is 11.1 Å². The lowest BCUT2D eigenvalue weighted by molar-refractivity contribution is 0.628. The van der Waals surface area contributed by atoms with E-state index in [1.165, 1.54) is 12.1 Å². The lowest BCUT2D eigenvalue weighted by Crippen LogP contribution is -1.86. The Morgan fingerprint density at radius 3 is 2.47 bits per heavy atom. The van der Waals surface area contributed by atoms with Crippen molar-refractivity contribution in [2.24, 2.45) is 0 Å². The monoisotopic (exact) mass is 265 g/mol. The van der Waals surface area contributed by atoms with Gasteiger partial charge in [0.2, 0.25) is 0 Å². The van der Waals surface area contributed by atoms with E-state index in [2.05, 4.69) is 20.9 Å². The summed E-state index contributed by atoms with van der Waals surface area (Å²) in [6, 6.07) is 10.4. The van der Waals surface area contributed by atoms with E-state index in [9.17, 15) is 4.39 Å². The van der Waals surface area contributed by atoms with Crippen molar-refractivity contribution in [3.05, 3.63) is 54.1 Å². The van der Waals surface area contributed by atoms with Crippen molar-refractivity contribution in [3.63, 3.8) is 0 Å². The molecule has 2 aromatic rings. The molecule has 0 aliphatic rings. The van der Waals surface area contributed by atoms with Crippen LogP contribution in [0.3, 0.4) is 0 Å². The lowest BCUT2D eigenvalue weighted by Gasteiger charge is -2.02. The topological polar surface area (TPSA) is 12.9 Å². The number of hydrogen-bond acceptors (Lipinski definition) is 1. The van der Waals surface area contributed by atoms with Crippen LogP contribution in [0.5, 0.6) is 0 Å². The van der Waals surface area contributed by atoms with Crippen LogP contribution in [-0.4, -0.2) is 4.98 Å². The molecule has 0 unspecified atom stereocenters. The minimum Gasteiger partial charge on any atom is -0.260 e. The van der Waals surface area contributed by atoms with Gasteiger partial charge in [-0.25, -0.2) is 4.39 Å².